The number of rotatable bonds is 5. The highest BCUT2D eigenvalue weighted by Crippen LogP contribution is 2.24. The molecule has 6 nitrogen and oxygen atoms in total. The minimum Gasteiger partial charge on any atom is -0.387 e. The normalized spacial score (nSPS) is 15.8. The fourth-order valence-corrected chi connectivity index (χ4v) is 3.78. The van der Waals surface area contributed by atoms with Gasteiger partial charge in [-0.05, 0) is 53.6 Å². The summed E-state index contributed by atoms with van der Waals surface area (Å²) in [6.45, 7) is 8.32. The van der Waals surface area contributed by atoms with Crippen LogP contribution in [-0.4, -0.2) is 36.8 Å². The molecule has 1 heterocycles. The van der Waals surface area contributed by atoms with Crippen LogP contribution in [0.25, 0.3) is 0 Å². The minimum atomic E-state index is -0.738. The predicted octanol–water partition coefficient (Wildman–Crippen LogP) is 3.86. The number of anilines is 1. The molecule has 0 saturated carbocycles. The number of piperidine rings is 1. The highest BCUT2D eigenvalue weighted by molar-refractivity contribution is 5.74. The molecule has 0 bridgehead atoms. The number of carbonyl (C=O) groups excluding carboxylic acids is 1. The molecule has 3 N–H and O–H groups in total. The van der Waals surface area contributed by atoms with Crippen molar-refractivity contribution in [2.75, 3.05) is 24.5 Å². The number of nitrogens with one attached hydrogen (secondary N) is 2. The van der Waals surface area contributed by atoms with Gasteiger partial charge >= 0.3 is 6.03 Å². The first kappa shape index (κ1) is 22.6. The number of carbonyl (C=O) groups is 1. The lowest BCUT2D eigenvalue weighted by atomic mass is 9.86. The Balaban J connectivity index is 1.41. The monoisotopic (exact) mass is 420 g/mol. The van der Waals surface area contributed by atoms with Crippen LogP contribution in [-0.2, 0) is 5.41 Å². The summed E-state index contributed by atoms with van der Waals surface area (Å²) < 4.78 is 0. The number of hydrogen-bond donors (Lipinski definition) is 3. The van der Waals surface area contributed by atoms with Crippen molar-refractivity contribution in [3.63, 3.8) is 0 Å². The summed E-state index contributed by atoms with van der Waals surface area (Å²) in [4.78, 5) is 14.5. The average molecular weight is 421 g/mol. The molecule has 1 aliphatic rings. The van der Waals surface area contributed by atoms with E-state index >= 15 is 0 Å². The summed E-state index contributed by atoms with van der Waals surface area (Å²) in [6, 6.07) is 17.5. The Morgan fingerprint density at radius 1 is 1.13 bits per heavy atom. The van der Waals surface area contributed by atoms with Crippen LogP contribution in [0, 0.1) is 11.3 Å². The zero-order chi connectivity index (χ0) is 22.4. The third-order valence-corrected chi connectivity index (χ3v) is 5.81. The molecule has 0 radical (unpaired) electrons. The number of nitrogens with zero attached hydrogens (tertiary/aromatic N) is 2. The maximum Gasteiger partial charge on any atom is 0.315 e. The van der Waals surface area contributed by atoms with E-state index in [1.54, 1.807) is 0 Å². The summed E-state index contributed by atoms with van der Waals surface area (Å²) in [5, 5.41) is 25.1. The van der Waals surface area contributed by atoms with Crippen LogP contribution in [0.5, 0.6) is 0 Å². The van der Waals surface area contributed by atoms with Gasteiger partial charge in [-0.2, -0.15) is 5.26 Å². The molecule has 1 unspecified atom stereocenters. The largest absolute Gasteiger partial charge is 0.387 e. The van der Waals surface area contributed by atoms with Crippen LogP contribution in [0.15, 0.2) is 48.5 Å². The molecular weight excluding hydrogens is 388 g/mol. The van der Waals surface area contributed by atoms with E-state index in [0.717, 1.165) is 37.2 Å². The van der Waals surface area contributed by atoms with Crippen LogP contribution in [0.3, 0.4) is 0 Å². The molecule has 0 aromatic heterocycles. The second-order valence-electron chi connectivity index (χ2n) is 9.16. The Morgan fingerprint density at radius 2 is 1.74 bits per heavy atom. The van der Waals surface area contributed by atoms with Crippen molar-refractivity contribution in [1.29, 1.82) is 5.26 Å². The summed E-state index contributed by atoms with van der Waals surface area (Å²) in [7, 11) is 0. The Kier molecular flexibility index (Phi) is 7.19. The van der Waals surface area contributed by atoms with E-state index in [2.05, 4.69) is 42.4 Å². The van der Waals surface area contributed by atoms with Gasteiger partial charge in [-0.25, -0.2) is 4.79 Å². The molecule has 1 fully saturated rings. The Morgan fingerprint density at radius 3 is 2.29 bits per heavy atom. The van der Waals surface area contributed by atoms with Crippen LogP contribution in [0.1, 0.15) is 56.4 Å². The van der Waals surface area contributed by atoms with Gasteiger partial charge in [0.25, 0.3) is 0 Å². The van der Waals surface area contributed by atoms with E-state index in [9.17, 15) is 9.90 Å². The summed E-state index contributed by atoms with van der Waals surface area (Å²) in [5.74, 6) is 0. The molecule has 6 heteroatoms. The number of benzene rings is 2. The van der Waals surface area contributed by atoms with Gasteiger partial charge in [0, 0.05) is 31.4 Å². The van der Waals surface area contributed by atoms with Gasteiger partial charge < -0.3 is 20.6 Å². The molecule has 1 atom stereocenters. The number of nitriles is 1. The predicted molar refractivity (Wildman–Crippen MR) is 123 cm³/mol. The van der Waals surface area contributed by atoms with E-state index in [1.165, 1.54) is 5.56 Å². The average Bonchev–Trinajstić information content (AvgIpc) is 2.77. The smallest absolute Gasteiger partial charge is 0.315 e. The zero-order valence-electron chi connectivity index (χ0n) is 18.6. The lowest BCUT2D eigenvalue weighted by molar-refractivity contribution is 0.172. The number of aliphatic hydroxyl groups excluding tert-OH is 1. The maximum absolute atomic E-state index is 12.3. The Hall–Kier alpha value is -3.04. The van der Waals surface area contributed by atoms with Gasteiger partial charge in [-0.1, -0.05) is 45.0 Å². The molecule has 31 heavy (non-hydrogen) atoms. The van der Waals surface area contributed by atoms with Gasteiger partial charge in [0.2, 0.25) is 0 Å². The van der Waals surface area contributed by atoms with Gasteiger partial charge in [-0.3, -0.25) is 0 Å². The molecule has 2 amide bonds. The fraction of sp³-hybridized carbons (Fsp3) is 0.440. The van der Waals surface area contributed by atoms with E-state index in [1.807, 2.05) is 48.5 Å². The SMILES string of the molecule is CC(C)(C)c1ccc(C(O)CNC(=O)NC2CCN(c3ccc(C#N)cc3)CC2)cc1. The van der Waals surface area contributed by atoms with Gasteiger partial charge in [-0.15, -0.1) is 0 Å². The van der Waals surface area contributed by atoms with Crippen molar-refractivity contribution in [2.45, 2.75) is 51.2 Å². The number of aliphatic hydroxyl groups is 1. The lowest BCUT2D eigenvalue weighted by Gasteiger charge is -2.34. The molecule has 2 aromatic carbocycles. The van der Waals surface area contributed by atoms with Crippen molar-refractivity contribution >= 4 is 11.7 Å². The molecule has 0 aliphatic carbocycles. The summed E-state index contributed by atoms with van der Waals surface area (Å²) in [5.41, 5.74) is 3.83. The maximum atomic E-state index is 12.3. The minimum absolute atomic E-state index is 0.0667. The second-order valence-corrected chi connectivity index (χ2v) is 9.16. The third kappa shape index (κ3) is 6.22. The standard InChI is InChI=1S/C25H32N4O2/c1-25(2,3)20-8-6-19(7-9-20)23(30)17-27-24(31)28-21-12-14-29(15-13-21)22-10-4-18(16-26)5-11-22/h4-11,21,23,30H,12-15,17H2,1-3H3,(H2,27,28,31). The quantitative estimate of drug-likeness (QED) is 0.685. The number of amides is 2. The first-order valence-corrected chi connectivity index (χ1v) is 10.8. The highest BCUT2D eigenvalue weighted by Gasteiger charge is 2.21. The van der Waals surface area contributed by atoms with Crippen molar-refractivity contribution in [2.24, 2.45) is 0 Å². The van der Waals surface area contributed by atoms with Gasteiger partial charge in [0.05, 0.1) is 17.7 Å². The molecule has 2 aromatic rings. The number of hydrogen-bond acceptors (Lipinski definition) is 4. The van der Waals surface area contributed by atoms with E-state index < -0.39 is 6.10 Å². The molecule has 0 spiro atoms. The van der Waals surface area contributed by atoms with Crippen LogP contribution in [0.4, 0.5) is 10.5 Å². The van der Waals surface area contributed by atoms with Gasteiger partial charge in [0.1, 0.15) is 0 Å². The first-order valence-electron chi connectivity index (χ1n) is 10.8. The third-order valence-electron chi connectivity index (χ3n) is 5.81. The number of urea groups is 1. The van der Waals surface area contributed by atoms with Crippen LogP contribution < -0.4 is 15.5 Å². The Labute approximate surface area is 184 Å². The van der Waals surface area contributed by atoms with Crippen LogP contribution in [0.2, 0.25) is 0 Å². The van der Waals surface area contributed by atoms with E-state index in [0.29, 0.717) is 5.56 Å². The van der Waals surface area contributed by atoms with Crippen molar-refractivity contribution in [3.05, 3.63) is 65.2 Å². The summed E-state index contributed by atoms with van der Waals surface area (Å²) in [6.07, 6.45) is 0.965. The van der Waals surface area contributed by atoms with Gasteiger partial charge in [0.15, 0.2) is 0 Å². The molecular formula is C25H32N4O2. The van der Waals surface area contributed by atoms with Crippen molar-refractivity contribution in [1.82, 2.24) is 10.6 Å². The van der Waals surface area contributed by atoms with E-state index in [-0.39, 0.29) is 24.0 Å². The zero-order valence-corrected chi connectivity index (χ0v) is 18.6. The fourth-order valence-electron chi connectivity index (χ4n) is 3.78. The summed E-state index contributed by atoms with van der Waals surface area (Å²) >= 11 is 0. The molecule has 3 rings (SSSR count). The topological polar surface area (TPSA) is 88.4 Å². The molecule has 164 valence electrons. The highest BCUT2D eigenvalue weighted by atomic mass is 16.3. The van der Waals surface area contributed by atoms with Crippen LogP contribution >= 0.6 is 0 Å². The molecule has 1 saturated heterocycles. The second kappa shape index (κ2) is 9.84. The van der Waals surface area contributed by atoms with E-state index in [4.69, 9.17) is 5.26 Å². The molecule has 1 aliphatic heterocycles. The first-order chi connectivity index (χ1) is 14.8. The van der Waals surface area contributed by atoms with Crippen molar-refractivity contribution < 1.29 is 9.90 Å². The lowest BCUT2D eigenvalue weighted by Crippen LogP contribution is -2.48. The Bertz CT molecular complexity index is 903. The van der Waals surface area contributed by atoms with Crippen molar-refractivity contribution in [3.8, 4) is 6.07 Å².